The average Bonchev–Trinajstić information content (AvgIpc) is 3.00. The zero-order valence-electron chi connectivity index (χ0n) is 13.8. The number of amides is 1. The number of aromatic nitrogens is 3. The Labute approximate surface area is 141 Å². The van der Waals surface area contributed by atoms with Crippen LogP contribution in [0.15, 0.2) is 29.2 Å². The SMILES string of the molecule is CNS(=O)(=O)c1ccc(CCC(=O)NC(C)c2n[nH]c(C)n2)cc1. The van der Waals surface area contributed by atoms with E-state index in [1.807, 2.05) is 6.92 Å². The summed E-state index contributed by atoms with van der Waals surface area (Å²) >= 11 is 0. The number of aromatic amines is 1. The Hall–Kier alpha value is -2.26. The molecule has 0 aliphatic carbocycles. The van der Waals surface area contributed by atoms with Gasteiger partial charge < -0.3 is 5.32 Å². The third-order valence-electron chi connectivity index (χ3n) is 3.52. The predicted molar refractivity (Wildman–Crippen MR) is 88.7 cm³/mol. The molecule has 9 heteroatoms. The molecule has 3 N–H and O–H groups in total. The molecule has 0 aliphatic heterocycles. The minimum absolute atomic E-state index is 0.114. The number of rotatable bonds is 7. The van der Waals surface area contributed by atoms with Crippen LogP contribution in [-0.4, -0.2) is 36.6 Å². The maximum absolute atomic E-state index is 12.0. The van der Waals surface area contributed by atoms with Crippen LogP contribution in [0, 0.1) is 6.92 Å². The van der Waals surface area contributed by atoms with E-state index in [1.54, 1.807) is 19.1 Å². The average molecular weight is 351 g/mol. The lowest BCUT2D eigenvalue weighted by atomic mass is 10.1. The minimum Gasteiger partial charge on any atom is -0.346 e. The van der Waals surface area contributed by atoms with Gasteiger partial charge in [0.25, 0.3) is 0 Å². The first-order chi connectivity index (χ1) is 11.3. The zero-order chi connectivity index (χ0) is 17.7. The van der Waals surface area contributed by atoms with Crippen LogP contribution in [0.25, 0.3) is 0 Å². The minimum atomic E-state index is -3.44. The predicted octanol–water partition coefficient (Wildman–Crippen LogP) is 0.831. The van der Waals surface area contributed by atoms with Gasteiger partial charge in [0.15, 0.2) is 5.82 Å². The summed E-state index contributed by atoms with van der Waals surface area (Å²) in [4.78, 5) is 16.4. The number of benzene rings is 1. The summed E-state index contributed by atoms with van der Waals surface area (Å²) < 4.78 is 25.6. The van der Waals surface area contributed by atoms with Crippen LogP contribution in [0.3, 0.4) is 0 Å². The summed E-state index contributed by atoms with van der Waals surface area (Å²) in [6.45, 7) is 3.61. The van der Waals surface area contributed by atoms with Crippen molar-refractivity contribution in [2.75, 3.05) is 7.05 Å². The van der Waals surface area contributed by atoms with Gasteiger partial charge in [-0.15, -0.1) is 0 Å². The van der Waals surface area contributed by atoms with E-state index in [2.05, 4.69) is 25.2 Å². The van der Waals surface area contributed by atoms with Crippen LogP contribution in [0.4, 0.5) is 0 Å². The van der Waals surface area contributed by atoms with Crippen LogP contribution in [0.2, 0.25) is 0 Å². The molecule has 1 aromatic carbocycles. The quantitative estimate of drug-likeness (QED) is 0.683. The Balaban J connectivity index is 1.87. The van der Waals surface area contributed by atoms with Gasteiger partial charge in [-0.1, -0.05) is 12.1 Å². The molecule has 2 aromatic rings. The molecule has 0 bridgehead atoms. The molecule has 8 nitrogen and oxygen atoms in total. The second-order valence-corrected chi connectivity index (χ2v) is 7.31. The summed E-state index contributed by atoms with van der Waals surface area (Å²) in [5, 5.41) is 9.59. The van der Waals surface area contributed by atoms with Gasteiger partial charge in [0.2, 0.25) is 15.9 Å². The van der Waals surface area contributed by atoms with Gasteiger partial charge in [-0.05, 0) is 45.0 Å². The molecule has 1 aromatic heterocycles. The Morgan fingerprint density at radius 1 is 1.29 bits per heavy atom. The monoisotopic (exact) mass is 351 g/mol. The van der Waals surface area contributed by atoms with E-state index in [-0.39, 0.29) is 16.8 Å². The lowest BCUT2D eigenvalue weighted by Gasteiger charge is -2.10. The number of hydrogen-bond donors (Lipinski definition) is 3. The molecule has 0 radical (unpaired) electrons. The summed E-state index contributed by atoms with van der Waals surface area (Å²) in [7, 11) is -2.07. The maximum Gasteiger partial charge on any atom is 0.240 e. The lowest BCUT2D eigenvalue weighted by Crippen LogP contribution is -2.27. The molecule has 0 fully saturated rings. The summed E-state index contributed by atoms with van der Waals surface area (Å²) in [6.07, 6.45) is 0.817. The van der Waals surface area contributed by atoms with Crippen molar-refractivity contribution in [1.29, 1.82) is 0 Å². The first-order valence-corrected chi connectivity index (χ1v) is 9.01. The topological polar surface area (TPSA) is 117 Å². The lowest BCUT2D eigenvalue weighted by molar-refractivity contribution is -0.121. The first-order valence-electron chi connectivity index (χ1n) is 7.52. The van der Waals surface area contributed by atoms with Gasteiger partial charge in [-0.25, -0.2) is 18.1 Å². The molecule has 0 saturated carbocycles. The van der Waals surface area contributed by atoms with E-state index in [4.69, 9.17) is 0 Å². The number of H-pyrrole nitrogens is 1. The van der Waals surface area contributed by atoms with Crippen molar-refractivity contribution >= 4 is 15.9 Å². The summed E-state index contributed by atoms with van der Waals surface area (Å²) in [6, 6.07) is 6.20. The highest BCUT2D eigenvalue weighted by Gasteiger charge is 2.14. The molecule has 1 amide bonds. The van der Waals surface area contributed by atoms with Crippen molar-refractivity contribution in [3.63, 3.8) is 0 Å². The molecular weight excluding hydrogens is 330 g/mol. The fraction of sp³-hybridized carbons (Fsp3) is 0.400. The third-order valence-corrected chi connectivity index (χ3v) is 4.95. The van der Waals surface area contributed by atoms with E-state index in [0.29, 0.717) is 24.5 Å². The third kappa shape index (κ3) is 4.62. The molecule has 0 aliphatic rings. The Morgan fingerprint density at radius 2 is 1.96 bits per heavy atom. The fourth-order valence-electron chi connectivity index (χ4n) is 2.14. The molecule has 1 heterocycles. The number of carbonyl (C=O) groups excluding carboxylic acids is 1. The summed E-state index contributed by atoms with van der Waals surface area (Å²) in [5.74, 6) is 1.13. The highest BCUT2D eigenvalue weighted by Crippen LogP contribution is 2.12. The number of carbonyl (C=O) groups is 1. The van der Waals surface area contributed by atoms with Crippen molar-refractivity contribution in [2.24, 2.45) is 0 Å². The zero-order valence-corrected chi connectivity index (χ0v) is 14.6. The molecular formula is C15H21N5O3S. The van der Waals surface area contributed by atoms with Crippen LogP contribution >= 0.6 is 0 Å². The van der Waals surface area contributed by atoms with Gasteiger partial charge in [0.1, 0.15) is 5.82 Å². The number of nitrogens with zero attached hydrogens (tertiary/aromatic N) is 2. The van der Waals surface area contributed by atoms with Crippen LogP contribution < -0.4 is 10.0 Å². The van der Waals surface area contributed by atoms with E-state index in [0.717, 1.165) is 5.56 Å². The molecule has 0 spiro atoms. The van der Waals surface area contributed by atoms with Gasteiger partial charge >= 0.3 is 0 Å². The molecule has 1 unspecified atom stereocenters. The smallest absolute Gasteiger partial charge is 0.240 e. The van der Waals surface area contributed by atoms with Crippen LogP contribution in [-0.2, 0) is 21.2 Å². The standard InChI is InChI=1S/C15H21N5O3S/c1-10(15-18-11(2)19-20-15)17-14(21)9-6-12-4-7-13(8-5-12)24(22,23)16-3/h4-5,7-8,10,16H,6,9H2,1-3H3,(H,17,21)(H,18,19,20). The molecule has 1 atom stereocenters. The van der Waals surface area contributed by atoms with Crippen molar-refractivity contribution < 1.29 is 13.2 Å². The maximum atomic E-state index is 12.0. The van der Waals surface area contributed by atoms with Crippen molar-refractivity contribution in [2.45, 2.75) is 37.6 Å². The van der Waals surface area contributed by atoms with Gasteiger partial charge in [0.05, 0.1) is 10.9 Å². The highest BCUT2D eigenvalue weighted by atomic mass is 32.2. The Morgan fingerprint density at radius 3 is 2.50 bits per heavy atom. The number of hydrogen-bond acceptors (Lipinski definition) is 5. The van der Waals surface area contributed by atoms with E-state index < -0.39 is 10.0 Å². The van der Waals surface area contributed by atoms with Gasteiger partial charge in [-0.3, -0.25) is 9.89 Å². The second-order valence-electron chi connectivity index (χ2n) is 5.42. The number of nitrogens with one attached hydrogen (secondary N) is 3. The Kier molecular flexibility index (Phi) is 5.68. The molecule has 0 saturated heterocycles. The fourth-order valence-corrected chi connectivity index (χ4v) is 2.87. The van der Waals surface area contributed by atoms with E-state index >= 15 is 0 Å². The van der Waals surface area contributed by atoms with Crippen molar-refractivity contribution in [1.82, 2.24) is 25.2 Å². The van der Waals surface area contributed by atoms with Gasteiger partial charge in [-0.2, -0.15) is 5.10 Å². The summed E-state index contributed by atoms with van der Waals surface area (Å²) in [5.41, 5.74) is 0.890. The normalized spacial score (nSPS) is 12.8. The Bertz CT molecular complexity index is 799. The molecule has 2 rings (SSSR count). The highest BCUT2D eigenvalue weighted by molar-refractivity contribution is 7.89. The van der Waals surface area contributed by atoms with Crippen LogP contribution in [0.5, 0.6) is 0 Å². The van der Waals surface area contributed by atoms with Crippen molar-refractivity contribution in [3.05, 3.63) is 41.5 Å². The number of aryl methyl sites for hydroxylation is 2. The van der Waals surface area contributed by atoms with Crippen LogP contribution in [0.1, 0.15) is 36.6 Å². The first kappa shape index (κ1) is 18.1. The van der Waals surface area contributed by atoms with E-state index in [1.165, 1.54) is 19.2 Å². The second kappa shape index (κ2) is 7.54. The van der Waals surface area contributed by atoms with Crippen molar-refractivity contribution in [3.8, 4) is 0 Å². The molecule has 130 valence electrons. The van der Waals surface area contributed by atoms with E-state index in [9.17, 15) is 13.2 Å². The molecule has 24 heavy (non-hydrogen) atoms. The van der Waals surface area contributed by atoms with Gasteiger partial charge in [0, 0.05) is 6.42 Å². The largest absolute Gasteiger partial charge is 0.346 e. The number of sulfonamides is 1.